The maximum atomic E-state index is 12.4. The molecule has 2 amide bonds. The van der Waals surface area contributed by atoms with Gasteiger partial charge >= 0.3 is 0 Å². The van der Waals surface area contributed by atoms with Crippen LogP contribution in [-0.2, 0) is 16.0 Å². The van der Waals surface area contributed by atoms with Crippen LogP contribution in [0.4, 0.5) is 0 Å². The Hall–Kier alpha value is -2.21. The number of carbonyl (C=O) groups excluding carboxylic acids is 3. The molecule has 1 N–H and O–H groups in total. The van der Waals surface area contributed by atoms with Gasteiger partial charge in [0.2, 0.25) is 11.8 Å². The lowest BCUT2D eigenvalue weighted by atomic mass is 10.0. The molecule has 1 saturated heterocycles. The summed E-state index contributed by atoms with van der Waals surface area (Å²) in [7, 11) is 0. The minimum atomic E-state index is 0.00926. The lowest BCUT2D eigenvalue weighted by molar-refractivity contribution is -0.133. The highest BCUT2D eigenvalue weighted by molar-refractivity contribution is 5.98. The smallest absolute Gasteiger partial charge is 0.234 e. The van der Waals surface area contributed by atoms with Crippen LogP contribution in [0.2, 0.25) is 0 Å². The Labute approximate surface area is 161 Å². The number of aryl methyl sites for hydroxylation is 1. The van der Waals surface area contributed by atoms with Crippen LogP contribution in [0, 0.1) is 0 Å². The molecule has 6 nitrogen and oxygen atoms in total. The Bertz CT molecular complexity index is 647. The van der Waals surface area contributed by atoms with Crippen molar-refractivity contribution in [3.05, 3.63) is 35.4 Å². The summed E-state index contributed by atoms with van der Waals surface area (Å²) < 4.78 is 0. The van der Waals surface area contributed by atoms with Crippen molar-refractivity contribution in [2.75, 3.05) is 32.7 Å². The quantitative estimate of drug-likeness (QED) is 0.707. The molecule has 0 saturated carbocycles. The van der Waals surface area contributed by atoms with Gasteiger partial charge in [-0.1, -0.05) is 31.2 Å². The first kappa shape index (κ1) is 21.1. The van der Waals surface area contributed by atoms with E-state index in [1.807, 2.05) is 38.1 Å². The number of nitrogens with one attached hydrogen (secondary N) is 1. The van der Waals surface area contributed by atoms with E-state index in [1.165, 1.54) is 5.56 Å². The Morgan fingerprint density at radius 2 is 1.63 bits per heavy atom. The van der Waals surface area contributed by atoms with Crippen molar-refractivity contribution in [2.24, 2.45) is 0 Å². The summed E-state index contributed by atoms with van der Waals surface area (Å²) in [6.45, 7) is 8.90. The second-order valence-electron chi connectivity index (χ2n) is 7.35. The summed E-state index contributed by atoms with van der Waals surface area (Å²) in [6.07, 6.45) is 1.42. The first-order valence-corrected chi connectivity index (χ1v) is 9.80. The van der Waals surface area contributed by atoms with Gasteiger partial charge in [-0.15, -0.1) is 0 Å². The number of hydrogen-bond acceptors (Lipinski definition) is 4. The fraction of sp³-hybridized carbons (Fsp3) is 0.571. The highest BCUT2D eigenvalue weighted by atomic mass is 16.2. The summed E-state index contributed by atoms with van der Waals surface area (Å²) in [5, 5.41) is 2.88. The van der Waals surface area contributed by atoms with Gasteiger partial charge in [0, 0.05) is 50.6 Å². The summed E-state index contributed by atoms with van der Waals surface area (Å²) in [4.78, 5) is 40.3. The van der Waals surface area contributed by atoms with Gasteiger partial charge < -0.3 is 10.2 Å². The predicted molar refractivity (Wildman–Crippen MR) is 106 cm³/mol. The van der Waals surface area contributed by atoms with Crippen molar-refractivity contribution < 1.29 is 14.4 Å². The Kier molecular flexibility index (Phi) is 7.98. The molecule has 0 atom stereocenters. The molecular weight excluding hydrogens is 342 g/mol. The number of ketones is 1. The average Bonchev–Trinajstić information content (AvgIpc) is 2.65. The van der Waals surface area contributed by atoms with Gasteiger partial charge in [0.1, 0.15) is 0 Å². The number of Topliss-reactive ketones (excluding diaryl/α,β-unsaturated/α-hetero) is 1. The third-order valence-corrected chi connectivity index (χ3v) is 4.79. The Balaban J connectivity index is 1.72. The summed E-state index contributed by atoms with van der Waals surface area (Å²) in [6, 6.07) is 7.74. The summed E-state index contributed by atoms with van der Waals surface area (Å²) in [5.41, 5.74) is 1.86. The van der Waals surface area contributed by atoms with E-state index in [0.717, 1.165) is 6.42 Å². The predicted octanol–water partition coefficient (Wildman–Crippen LogP) is 1.88. The maximum Gasteiger partial charge on any atom is 0.234 e. The van der Waals surface area contributed by atoms with Crippen LogP contribution in [0.3, 0.4) is 0 Å². The number of carbonyl (C=O) groups is 3. The van der Waals surface area contributed by atoms with Gasteiger partial charge in [-0.25, -0.2) is 0 Å². The van der Waals surface area contributed by atoms with Crippen molar-refractivity contribution >= 4 is 17.6 Å². The van der Waals surface area contributed by atoms with Gasteiger partial charge in [-0.05, 0) is 25.8 Å². The van der Waals surface area contributed by atoms with Gasteiger partial charge in [0.15, 0.2) is 5.78 Å². The highest BCUT2D eigenvalue weighted by Crippen LogP contribution is 2.11. The first-order valence-electron chi connectivity index (χ1n) is 9.80. The second-order valence-corrected chi connectivity index (χ2v) is 7.35. The minimum absolute atomic E-state index is 0.00926. The maximum absolute atomic E-state index is 12.4. The number of amides is 2. The minimum Gasteiger partial charge on any atom is -0.353 e. The zero-order valence-electron chi connectivity index (χ0n) is 16.7. The molecule has 6 heteroatoms. The molecule has 2 rings (SSSR count). The molecule has 0 bridgehead atoms. The molecule has 0 aliphatic carbocycles. The van der Waals surface area contributed by atoms with Gasteiger partial charge in [0.05, 0.1) is 6.54 Å². The largest absolute Gasteiger partial charge is 0.353 e. The van der Waals surface area contributed by atoms with Crippen LogP contribution in [-0.4, -0.2) is 66.2 Å². The van der Waals surface area contributed by atoms with Crippen LogP contribution >= 0.6 is 0 Å². The lowest BCUT2D eigenvalue weighted by Crippen LogP contribution is -2.51. The molecule has 1 aliphatic rings. The van der Waals surface area contributed by atoms with E-state index in [0.29, 0.717) is 38.3 Å². The molecule has 1 aromatic carbocycles. The normalized spacial score (nSPS) is 15.0. The van der Waals surface area contributed by atoms with Gasteiger partial charge in [-0.2, -0.15) is 0 Å². The third kappa shape index (κ3) is 6.79. The Morgan fingerprint density at radius 1 is 1.00 bits per heavy atom. The number of rotatable bonds is 8. The standard InChI is InChI=1S/C21H31N3O3/c1-4-17-5-7-18(8-6-17)19(25)9-10-21(27)24-13-11-23(12-14-24)15-20(26)22-16(2)3/h5-8,16H,4,9-15H2,1-3H3,(H,22,26). The van der Waals surface area contributed by atoms with Crippen molar-refractivity contribution in [3.8, 4) is 0 Å². The van der Waals surface area contributed by atoms with Crippen molar-refractivity contribution in [1.82, 2.24) is 15.1 Å². The lowest BCUT2D eigenvalue weighted by Gasteiger charge is -2.34. The van der Waals surface area contributed by atoms with Crippen molar-refractivity contribution in [1.29, 1.82) is 0 Å². The topological polar surface area (TPSA) is 69.7 Å². The van der Waals surface area contributed by atoms with Gasteiger partial charge in [-0.3, -0.25) is 19.3 Å². The highest BCUT2D eigenvalue weighted by Gasteiger charge is 2.23. The number of benzene rings is 1. The molecular formula is C21H31N3O3. The van der Waals surface area contributed by atoms with E-state index >= 15 is 0 Å². The van der Waals surface area contributed by atoms with E-state index in [-0.39, 0.29) is 36.5 Å². The average molecular weight is 373 g/mol. The van der Waals surface area contributed by atoms with Crippen LogP contribution in [0.25, 0.3) is 0 Å². The van der Waals surface area contributed by atoms with Crippen LogP contribution in [0.15, 0.2) is 24.3 Å². The van der Waals surface area contributed by atoms with Crippen LogP contribution < -0.4 is 5.32 Å². The molecule has 27 heavy (non-hydrogen) atoms. The number of nitrogens with zero attached hydrogens (tertiary/aromatic N) is 2. The third-order valence-electron chi connectivity index (χ3n) is 4.79. The molecule has 1 fully saturated rings. The van der Waals surface area contributed by atoms with E-state index in [9.17, 15) is 14.4 Å². The molecule has 1 heterocycles. The SMILES string of the molecule is CCc1ccc(C(=O)CCC(=O)N2CCN(CC(=O)NC(C)C)CC2)cc1. The molecule has 1 aromatic rings. The fourth-order valence-corrected chi connectivity index (χ4v) is 3.18. The van der Waals surface area contributed by atoms with Gasteiger partial charge in [0.25, 0.3) is 0 Å². The molecule has 0 unspecified atom stereocenters. The zero-order valence-corrected chi connectivity index (χ0v) is 16.7. The van der Waals surface area contributed by atoms with E-state index in [2.05, 4.69) is 17.1 Å². The zero-order chi connectivity index (χ0) is 19.8. The monoisotopic (exact) mass is 373 g/mol. The second kappa shape index (κ2) is 10.2. The van der Waals surface area contributed by atoms with E-state index in [1.54, 1.807) is 4.90 Å². The fourth-order valence-electron chi connectivity index (χ4n) is 3.18. The van der Waals surface area contributed by atoms with Crippen molar-refractivity contribution in [2.45, 2.75) is 46.1 Å². The molecule has 0 aromatic heterocycles. The van der Waals surface area contributed by atoms with Crippen molar-refractivity contribution in [3.63, 3.8) is 0 Å². The molecule has 0 spiro atoms. The van der Waals surface area contributed by atoms with E-state index in [4.69, 9.17) is 0 Å². The molecule has 0 radical (unpaired) electrons. The summed E-state index contributed by atoms with van der Waals surface area (Å²) in [5.74, 6) is 0.0410. The van der Waals surface area contributed by atoms with Crippen LogP contribution in [0.5, 0.6) is 0 Å². The van der Waals surface area contributed by atoms with Crippen LogP contribution in [0.1, 0.15) is 49.5 Å². The Morgan fingerprint density at radius 3 is 2.19 bits per heavy atom. The molecule has 1 aliphatic heterocycles. The van der Waals surface area contributed by atoms with E-state index < -0.39 is 0 Å². The summed E-state index contributed by atoms with van der Waals surface area (Å²) >= 11 is 0. The molecule has 148 valence electrons. The number of piperazine rings is 1. The number of hydrogen-bond donors (Lipinski definition) is 1. The first-order chi connectivity index (χ1) is 12.9.